The zero-order chi connectivity index (χ0) is 12.7. The molecule has 0 aromatic carbocycles. The van der Waals surface area contributed by atoms with Crippen LogP contribution in [-0.2, 0) is 4.79 Å². The maximum atomic E-state index is 11.3. The quantitative estimate of drug-likeness (QED) is 0.592. The molecule has 4 heteroatoms. The number of hydrogen-bond acceptors (Lipinski definition) is 3. The third kappa shape index (κ3) is 5.77. The number of carboxylic acid groups (broad SMARTS) is 1. The topological polar surface area (TPSA) is 49.3 Å². The second-order valence-electron chi connectivity index (χ2n) is 5.13. The standard InChI is InChI=1S/C13H25NO2S/c1-3-4-9-17-10-5-8-13(2,12(15)16)14-11-6-7-11/h11,14H,3-10H2,1-2H3,(H,15,16). The van der Waals surface area contributed by atoms with Gasteiger partial charge >= 0.3 is 5.97 Å². The van der Waals surface area contributed by atoms with Crippen LogP contribution in [0.4, 0.5) is 0 Å². The predicted octanol–water partition coefficient (Wildman–Crippen LogP) is 2.90. The Morgan fingerprint density at radius 2 is 2.06 bits per heavy atom. The summed E-state index contributed by atoms with van der Waals surface area (Å²) in [6, 6.07) is 0.448. The van der Waals surface area contributed by atoms with Gasteiger partial charge in [-0.2, -0.15) is 11.8 Å². The van der Waals surface area contributed by atoms with E-state index in [2.05, 4.69) is 12.2 Å². The van der Waals surface area contributed by atoms with Crippen LogP contribution in [0.1, 0.15) is 52.4 Å². The van der Waals surface area contributed by atoms with Crippen LogP contribution in [0, 0.1) is 0 Å². The normalized spacial score (nSPS) is 18.9. The van der Waals surface area contributed by atoms with Crippen molar-refractivity contribution in [2.45, 2.75) is 64.0 Å². The molecule has 17 heavy (non-hydrogen) atoms. The number of carbonyl (C=O) groups is 1. The average Bonchev–Trinajstić information content (AvgIpc) is 3.07. The summed E-state index contributed by atoms with van der Waals surface area (Å²) in [5.41, 5.74) is -0.716. The van der Waals surface area contributed by atoms with Gasteiger partial charge in [0.1, 0.15) is 5.54 Å². The number of hydrogen-bond donors (Lipinski definition) is 2. The molecule has 0 bridgehead atoms. The minimum Gasteiger partial charge on any atom is -0.480 e. The highest BCUT2D eigenvalue weighted by Gasteiger charge is 2.37. The van der Waals surface area contributed by atoms with E-state index in [0.29, 0.717) is 6.04 Å². The molecule has 0 radical (unpaired) electrons. The fourth-order valence-electron chi connectivity index (χ4n) is 1.80. The van der Waals surface area contributed by atoms with Crippen molar-refractivity contribution in [2.75, 3.05) is 11.5 Å². The van der Waals surface area contributed by atoms with E-state index < -0.39 is 11.5 Å². The van der Waals surface area contributed by atoms with Crippen molar-refractivity contribution < 1.29 is 9.90 Å². The third-order valence-electron chi connectivity index (χ3n) is 3.18. The van der Waals surface area contributed by atoms with Crippen LogP contribution in [0.5, 0.6) is 0 Å². The molecule has 0 amide bonds. The van der Waals surface area contributed by atoms with Gasteiger partial charge in [0.05, 0.1) is 0 Å². The summed E-state index contributed by atoms with van der Waals surface area (Å²) >= 11 is 1.94. The van der Waals surface area contributed by atoms with E-state index in [1.165, 1.54) is 18.6 Å². The lowest BCUT2D eigenvalue weighted by molar-refractivity contribution is -0.144. The highest BCUT2D eigenvalue weighted by atomic mass is 32.2. The molecule has 1 saturated carbocycles. The Morgan fingerprint density at radius 3 is 2.59 bits per heavy atom. The summed E-state index contributed by atoms with van der Waals surface area (Å²) in [6.45, 7) is 4.02. The van der Waals surface area contributed by atoms with Gasteiger partial charge in [-0.15, -0.1) is 0 Å². The van der Waals surface area contributed by atoms with Crippen molar-refractivity contribution >= 4 is 17.7 Å². The number of unbranched alkanes of at least 4 members (excludes halogenated alkanes) is 1. The first kappa shape index (κ1) is 14.8. The van der Waals surface area contributed by atoms with Gasteiger partial charge in [-0.3, -0.25) is 10.1 Å². The summed E-state index contributed by atoms with van der Waals surface area (Å²) in [6.07, 6.45) is 6.49. The molecule has 0 spiro atoms. The van der Waals surface area contributed by atoms with Crippen LogP contribution in [0.15, 0.2) is 0 Å². The van der Waals surface area contributed by atoms with Crippen LogP contribution >= 0.6 is 11.8 Å². The van der Waals surface area contributed by atoms with Gasteiger partial charge in [0.25, 0.3) is 0 Å². The molecule has 0 aliphatic heterocycles. The second-order valence-corrected chi connectivity index (χ2v) is 6.35. The van der Waals surface area contributed by atoms with Gasteiger partial charge < -0.3 is 5.11 Å². The van der Waals surface area contributed by atoms with Crippen LogP contribution < -0.4 is 5.32 Å². The van der Waals surface area contributed by atoms with E-state index >= 15 is 0 Å². The second kappa shape index (κ2) is 7.27. The Bertz CT molecular complexity index is 244. The first-order valence-electron chi connectivity index (χ1n) is 6.67. The van der Waals surface area contributed by atoms with E-state index in [9.17, 15) is 9.90 Å². The summed E-state index contributed by atoms with van der Waals surface area (Å²) < 4.78 is 0. The van der Waals surface area contributed by atoms with Crippen LogP contribution in [0.3, 0.4) is 0 Å². The number of carboxylic acids is 1. The smallest absolute Gasteiger partial charge is 0.323 e. The number of nitrogens with one attached hydrogen (secondary N) is 1. The van der Waals surface area contributed by atoms with Gasteiger partial charge in [0.2, 0.25) is 0 Å². The lowest BCUT2D eigenvalue weighted by atomic mass is 9.96. The Kier molecular flexibility index (Phi) is 6.34. The molecule has 0 saturated heterocycles. The molecule has 1 unspecified atom stereocenters. The number of thioether (sulfide) groups is 1. The highest BCUT2D eigenvalue weighted by Crippen LogP contribution is 2.25. The Hall–Kier alpha value is -0.220. The van der Waals surface area contributed by atoms with Crippen molar-refractivity contribution in [2.24, 2.45) is 0 Å². The lowest BCUT2D eigenvalue weighted by Gasteiger charge is -2.26. The zero-order valence-corrected chi connectivity index (χ0v) is 11.8. The molecule has 0 aromatic rings. The Morgan fingerprint density at radius 1 is 1.41 bits per heavy atom. The molecular weight excluding hydrogens is 234 g/mol. The van der Waals surface area contributed by atoms with Crippen LogP contribution in [-0.4, -0.2) is 34.2 Å². The molecule has 3 nitrogen and oxygen atoms in total. The Balaban J connectivity index is 2.17. The van der Waals surface area contributed by atoms with Gasteiger partial charge in [-0.05, 0) is 50.5 Å². The van der Waals surface area contributed by atoms with E-state index in [1.807, 2.05) is 18.7 Å². The van der Waals surface area contributed by atoms with E-state index in [4.69, 9.17) is 0 Å². The molecule has 2 N–H and O–H groups in total. The van der Waals surface area contributed by atoms with E-state index in [-0.39, 0.29) is 0 Å². The predicted molar refractivity (Wildman–Crippen MR) is 73.7 cm³/mol. The minimum absolute atomic E-state index is 0.448. The van der Waals surface area contributed by atoms with Crippen molar-refractivity contribution in [3.8, 4) is 0 Å². The average molecular weight is 259 g/mol. The lowest BCUT2D eigenvalue weighted by Crippen LogP contribution is -2.50. The molecular formula is C13H25NO2S. The monoisotopic (exact) mass is 259 g/mol. The molecule has 1 aliphatic rings. The summed E-state index contributed by atoms with van der Waals surface area (Å²) in [4.78, 5) is 11.3. The molecule has 1 rings (SSSR count). The van der Waals surface area contributed by atoms with Gasteiger partial charge in [-0.1, -0.05) is 13.3 Å². The molecule has 1 atom stereocenters. The number of rotatable bonds is 10. The molecule has 1 fully saturated rings. The fourth-order valence-corrected chi connectivity index (χ4v) is 2.84. The summed E-state index contributed by atoms with van der Waals surface area (Å²) in [5.74, 6) is 1.58. The van der Waals surface area contributed by atoms with Gasteiger partial charge in [0.15, 0.2) is 0 Å². The minimum atomic E-state index is -0.716. The first-order chi connectivity index (χ1) is 8.08. The molecule has 0 heterocycles. The maximum Gasteiger partial charge on any atom is 0.323 e. The molecule has 100 valence electrons. The summed E-state index contributed by atoms with van der Waals surface area (Å²) in [5, 5.41) is 12.5. The molecule has 0 aromatic heterocycles. The third-order valence-corrected chi connectivity index (χ3v) is 4.33. The van der Waals surface area contributed by atoms with E-state index in [1.54, 1.807) is 0 Å². The first-order valence-corrected chi connectivity index (χ1v) is 7.83. The molecule has 1 aliphatic carbocycles. The summed E-state index contributed by atoms with van der Waals surface area (Å²) in [7, 11) is 0. The highest BCUT2D eigenvalue weighted by molar-refractivity contribution is 7.99. The van der Waals surface area contributed by atoms with Crippen molar-refractivity contribution in [1.29, 1.82) is 0 Å². The zero-order valence-electron chi connectivity index (χ0n) is 11.0. The number of aliphatic carboxylic acids is 1. The van der Waals surface area contributed by atoms with Crippen LogP contribution in [0.25, 0.3) is 0 Å². The van der Waals surface area contributed by atoms with Crippen LogP contribution in [0.2, 0.25) is 0 Å². The fraction of sp³-hybridized carbons (Fsp3) is 0.923. The Labute approximate surface area is 109 Å². The van der Waals surface area contributed by atoms with Crippen molar-refractivity contribution in [1.82, 2.24) is 5.32 Å². The van der Waals surface area contributed by atoms with E-state index in [0.717, 1.165) is 31.4 Å². The van der Waals surface area contributed by atoms with Crippen molar-refractivity contribution in [3.63, 3.8) is 0 Å². The maximum absolute atomic E-state index is 11.3. The SMILES string of the molecule is CCCCSCCCC(C)(NC1CC1)C(=O)O. The van der Waals surface area contributed by atoms with Crippen molar-refractivity contribution in [3.05, 3.63) is 0 Å². The largest absolute Gasteiger partial charge is 0.480 e. The van der Waals surface area contributed by atoms with Gasteiger partial charge in [-0.25, -0.2) is 0 Å². The van der Waals surface area contributed by atoms with Gasteiger partial charge in [0, 0.05) is 6.04 Å².